The summed E-state index contributed by atoms with van der Waals surface area (Å²) in [4.78, 5) is 13.6. The van der Waals surface area contributed by atoms with Crippen LogP contribution in [0, 0.1) is 0 Å². The number of nitrogens with zero attached hydrogens (tertiary/aromatic N) is 1. The molecule has 38 heavy (non-hydrogen) atoms. The van der Waals surface area contributed by atoms with Crippen LogP contribution in [0.15, 0.2) is 71.3 Å². The number of carbonyl (C=O) groups is 1. The fourth-order valence-corrected chi connectivity index (χ4v) is 4.64. The lowest BCUT2D eigenvalue weighted by Crippen LogP contribution is -2.38. The van der Waals surface area contributed by atoms with Crippen LogP contribution in [0.5, 0.6) is 11.5 Å². The normalized spacial score (nSPS) is 14.0. The second-order valence-electron chi connectivity index (χ2n) is 9.29. The highest BCUT2D eigenvalue weighted by atomic mass is 16.5. The molecule has 3 N–H and O–H groups in total. The number of hydrogen-bond acceptors (Lipinski definition) is 7. The van der Waals surface area contributed by atoms with Crippen molar-refractivity contribution in [3.63, 3.8) is 0 Å². The Kier molecular flexibility index (Phi) is 8.23. The SMILES string of the molecule is NCc1cccc(-c2cc(OCCN3CCOCC3)c3occ(COc4ccccc4CC(=O)O)c3c2)c1. The zero-order valence-electron chi connectivity index (χ0n) is 21.2. The molecule has 5 rings (SSSR count). The minimum atomic E-state index is -0.905. The molecule has 1 saturated heterocycles. The largest absolute Gasteiger partial charge is 0.488 e. The molecule has 0 saturated carbocycles. The van der Waals surface area contributed by atoms with Crippen molar-refractivity contribution in [2.75, 3.05) is 39.5 Å². The van der Waals surface area contributed by atoms with Crippen molar-refractivity contribution in [2.24, 2.45) is 5.73 Å². The highest BCUT2D eigenvalue weighted by Crippen LogP contribution is 2.36. The summed E-state index contributed by atoms with van der Waals surface area (Å²) in [6, 6.07) is 19.4. The lowest BCUT2D eigenvalue weighted by Gasteiger charge is -2.26. The number of rotatable bonds is 11. The molecule has 3 aromatic carbocycles. The third kappa shape index (κ3) is 6.16. The van der Waals surface area contributed by atoms with Gasteiger partial charge in [0.1, 0.15) is 19.0 Å². The van der Waals surface area contributed by atoms with Gasteiger partial charge in [-0.3, -0.25) is 9.69 Å². The maximum atomic E-state index is 11.3. The van der Waals surface area contributed by atoms with Crippen molar-refractivity contribution < 1.29 is 28.5 Å². The van der Waals surface area contributed by atoms with Crippen LogP contribution < -0.4 is 15.2 Å². The van der Waals surface area contributed by atoms with E-state index in [9.17, 15) is 9.90 Å². The second kappa shape index (κ2) is 12.1. The molecule has 1 aliphatic rings. The van der Waals surface area contributed by atoms with Crippen LogP contribution in [0.2, 0.25) is 0 Å². The third-order valence-electron chi connectivity index (χ3n) is 6.68. The number of morpholine rings is 1. The van der Waals surface area contributed by atoms with Gasteiger partial charge in [-0.2, -0.15) is 0 Å². The molecule has 4 aromatic rings. The van der Waals surface area contributed by atoms with Gasteiger partial charge in [0.15, 0.2) is 11.3 Å². The minimum Gasteiger partial charge on any atom is -0.488 e. The van der Waals surface area contributed by atoms with Crippen LogP contribution in [-0.4, -0.2) is 55.4 Å². The van der Waals surface area contributed by atoms with Crippen molar-refractivity contribution in [1.82, 2.24) is 4.90 Å². The number of ether oxygens (including phenoxy) is 3. The quantitative estimate of drug-likeness (QED) is 0.301. The van der Waals surface area contributed by atoms with Gasteiger partial charge < -0.3 is 29.5 Å². The summed E-state index contributed by atoms with van der Waals surface area (Å²) < 4.78 is 23.8. The van der Waals surface area contributed by atoms with E-state index < -0.39 is 5.97 Å². The number of fused-ring (bicyclic) bond motifs is 1. The number of para-hydroxylation sites is 1. The van der Waals surface area contributed by atoms with Gasteiger partial charge in [-0.15, -0.1) is 0 Å². The van der Waals surface area contributed by atoms with Gasteiger partial charge in [-0.1, -0.05) is 36.4 Å². The Balaban J connectivity index is 1.43. The average molecular weight is 517 g/mol. The predicted molar refractivity (Wildman–Crippen MR) is 144 cm³/mol. The Morgan fingerprint density at radius 2 is 1.79 bits per heavy atom. The van der Waals surface area contributed by atoms with Gasteiger partial charge in [-0.25, -0.2) is 0 Å². The molecule has 0 amide bonds. The summed E-state index contributed by atoms with van der Waals surface area (Å²) in [5.74, 6) is 0.303. The maximum absolute atomic E-state index is 11.3. The molecule has 1 aromatic heterocycles. The van der Waals surface area contributed by atoms with E-state index in [1.165, 1.54) is 0 Å². The number of carboxylic acid groups (broad SMARTS) is 1. The van der Waals surface area contributed by atoms with Gasteiger partial charge in [0, 0.05) is 42.7 Å². The van der Waals surface area contributed by atoms with Crippen molar-refractivity contribution in [3.8, 4) is 22.6 Å². The molecule has 0 spiro atoms. The lowest BCUT2D eigenvalue weighted by molar-refractivity contribution is -0.136. The highest BCUT2D eigenvalue weighted by molar-refractivity contribution is 5.91. The zero-order chi connectivity index (χ0) is 26.3. The van der Waals surface area contributed by atoms with E-state index in [2.05, 4.69) is 23.1 Å². The van der Waals surface area contributed by atoms with Crippen molar-refractivity contribution in [1.29, 1.82) is 0 Å². The highest BCUT2D eigenvalue weighted by Gasteiger charge is 2.17. The van der Waals surface area contributed by atoms with Crippen LogP contribution in [0.4, 0.5) is 0 Å². The molecule has 1 aliphatic heterocycles. The lowest BCUT2D eigenvalue weighted by atomic mass is 10.00. The monoisotopic (exact) mass is 516 g/mol. The third-order valence-corrected chi connectivity index (χ3v) is 6.68. The Bertz CT molecular complexity index is 1390. The van der Waals surface area contributed by atoms with E-state index in [1.54, 1.807) is 24.5 Å². The zero-order valence-corrected chi connectivity index (χ0v) is 21.2. The summed E-state index contributed by atoms with van der Waals surface area (Å²) in [6.45, 7) is 5.29. The van der Waals surface area contributed by atoms with Gasteiger partial charge in [0.2, 0.25) is 0 Å². The Labute approximate surface area is 221 Å². The Morgan fingerprint density at radius 1 is 0.947 bits per heavy atom. The fraction of sp³-hybridized carbons (Fsp3) is 0.300. The first-order valence-corrected chi connectivity index (χ1v) is 12.8. The van der Waals surface area contributed by atoms with Gasteiger partial charge >= 0.3 is 5.97 Å². The molecular formula is C30H32N2O6. The smallest absolute Gasteiger partial charge is 0.307 e. The van der Waals surface area contributed by atoms with Crippen molar-refractivity contribution >= 4 is 16.9 Å². The molecule has 198 valence electrons. The Hall–Kier alpha value is -3.85. The van der Waals surface area contributed by atoms with Crippen molar-refractivity contribution in [2.45, 2.75) is 19.6 Å². The first kappa shape index (κ1) is 25.8. The number of nitrogens with two attached hydrogens (primary N) is 1. The van der Waals surface area contributed by atoms with Gasteiger partial charge in [0.05, 0.1) is 25.9 Å². The number of hydrogen-bond donors (Lipinski definition) is 2. The molecular weight excluding hydrogens is 484 g/mol. The topological polar surface area (TPSA) is 107 Å². The van der Waals surface area contributed by atoms with Crippen LogP contribution in [-0.2, 0) is 29.1 Å². The molecule has 0 radical (unpaired) electrons. The first-order chi connectivity index (χ1) is 18.6. The van der Waals surface area contributed by atoms with E-state index in [-0.39, 0.29) is 13.0 Å². The molecule has 0 bridgehead atoms. The fourth-order valence-electron chi connectivity index (χ4n) is 4.64. The van der Waals surface area contributed by atoms with E-state index in [0.29, 0.717) is 35.8 Å². The number of benzene rings is 3. The Morgan fingerprint density at radius 3 is 2.61 bits per heavy atom. The van der Waals surface area contributed by atoms with Crippen LogP contribution in [0.3, 0.4) is 0 Å². The first-order valence-electron chi connectivity index (χ1n) is 12.8. The van der Waals surface area contributed by atoms with Crippen LogP contribution in [0.1, 0.15) is 16.7 Å². The van der Waals surface area contributed by atoms with Gasteiger partial charge in [0.25, 0.3) is 0 Å². The number of furan rings is 1. The molecule has 0 unspecified atom stereocenters. The maximum Gasteiger partial charge on any atom is 0.307 e. The molecule has 8 nitrogen and oxygen atoms in total. The summed E-state index contributed by atoms with van der Waals surface area (Å²) >= 11 is 0. The molecule has 2 heterocycles. The van der Waals surface area contributed by atoms with Crippen LogP contribution in [0.25, 0.3) is 22.1 Å². The summed E-state index contributed by atoms with van der Waals surface area (Å²) in [7, 11) is 0. The summed E-state index contributed by atoms with van der Waals surface area (Å²) in [6.07, 6.45) is 1.57. The van der Waals surface area contributed by atoms with E-state index in [4.69, 9.17) is 24.4 Å². The predicted octanol–water partition coefficient (Wildman–Crippen LogP) is 4.48. The number of aliphatic carboxylic acids is 1. The molecule has 0 aliphatic carbocycles. The van der Waals surface area contributed by atoms with Gasteiger partial charge in [-0.05, 0) is 41.0 Å². The number of carboxylic acids is 1. The summed E-state index contributed by atoms with van der Waals surface area (Å²) in [5, 5.41) is 10.1. The molecule has 8 heteroatoms. The van der Waals surface area contributed by atoms with Crippen molar-refractivity contribution in [3.05, 3.63) is 83.6 Å². The van der Waals surface area contributed by atoms with Crippen LogP contribution >= 0.6 is 0 Å². The molecule has 1 fully saturated rings. The van der Waals surface area contributed by atoms with E-state index >= 15 is 0 Å². The standard InChI is InChI=1S/C30H32N2O6/c31-18-21-4-3-6-22(14-21)24-15-26-25(19-37-27-7-2-1-5-23(27)17-29(33)34)20-38-30(26)28(16-24)36-13-10-32-8-11-35-12-9-32/h1-7,14-16,20H,8-13,17-19,31H2,(H,33,34). The summed E-state index contributed by atoms with van der Waals surface area (Å²) in [5.41, 5.74) is 11.1. The minimum absolute atomic E-state index is 0.106. The molecule has 0 atom stereocenters. The average Bonchev–Trinajstić information content (AvgIpc) is 3.36. The van der Waals surface area contributed by atoms with E-state index in [1.807, 2.05) is 24.3 Å². The van der Waals surface area contributed by atoms with E-state index in [0.717, 1.165) is 60.5 Å². The second-order valence-corrected chi connectivity index (χ2v) is 9.29.